The van der Waals surface area contributed by atoms with E-state index < -0.39 is 0 Å². The molecule has 0 saturated carbocycles. The second-order valence-electron chi connectivity index (χ2n) is 5.80. The third-order valence-electron chi connectivity index (χ3n) is 4.01. The molecule has 1 heterocycles. The van der Waals surface area contributed by atoms with E-state index in [9.17, 15) is 9.59 Å². The first-order valence-electron chi connectivity index (χ1n) is 8.40. The number of aromatic nitrogens is 2. The lowest BCUT2D eigenvalue weighted by atomic mass is 10.1. The highest BCUT2D eigenvalue weighted by Gasteiger charge is 2.17. The first-order chi connectivity index (χ1) is 13.1. The summed E-state index contributed by atoms with van der Waals surface area (Å²) in [6, 6.07) is 16.9. The Morgan fingerprint density at radius 2 is 1.78 bits per heavy atom. The summed E-state index contributed by atoms with van der Waals surface area (Å²) in [7, 11) is 1.61. The molecule has 7 heteroatoms. The van der Waals surface area contributed by atoms with Crippen LogP contribution in [0.2, 0.25) is 0 Å². The van der Waals surface area contributed by atoms with Gasteiger partial charge in [-0.3, -0.25) is 14.2 Å². The Labute approximate surface area is 162 Å². The summed E-state index contributed by atoms with van der Waals surface area (Å²) < 4.78 is 1.83. The SMILES string of the molecule is CNC(=O)Cc1ccc(NC(=O)c2cnc(SC)n2-c2ccccc2)cc1. The molecular weight excluding hydrogens is 360 g/mol. The van der Waals surface area contributed by atoms with Crippen molar-refractivity contribution in [2.24, 2.45) is 0 Å². The van der Waals surface area contributed by atoms with Crippen molar-refractivity contribution in [3.63, 3.8) is 0 Å². The van der Waals surface area contributed by atoms with Crippen LogP contribution in [0.1, 0.15) is 16.1 Å². The first-order valence-corrected chi connectivity index (χ1v) is 9.63. The van der Waals surface area contributed by atoms with Crippen molar-refractivity contribution in [2.45, 2.75) is 11.6 Å². The zero-order valence-corrected chi connectivity index (χ0v) is 15.9. The van der Waals surface area contributed by atoms with Crippen molar-refractivity contribution >= 4 is 29.3 Å². The quantitative estimate of drug-likeness (QED) is 0.644. The normalized spacial score (nSPS) is 10.4. The van der Waals surface area contributed by atoms with E-state index >= 15 is 0 Å². The number of carbonyl (C=O) groups is 2. The third kappa shape index (κ3) is 4.38. The second-order valence-corrected chi connectivity index (χ2v) is 6.58. The lowest BCUT2D eigenvalue weighted by Crippen LogP contribution is -2.20. The molecule has 0 radical (unpaired) electrons. The van der Waals surface area contributed by atoms with Crippen molar-refractivity contribution in [2.75, 3.05) is 18.6 Å². The van der Waals surface area contributed by atoms with Gasteiger partial charge >= 0.3 is 0 Å². The molecule has 2 aromatic carbocycles. The van der Waals surface area contributed by atoms with Crippen LogP contribution in [0.4, 0.5) is 5.69 Å². The lowest BCUT2D eigenvalue weighted by molar-refractivity contribution is -0.119. The first kappa shape index (κ1) is 18.7. The highest BCUT2D eigenvalue weighted by molar-refractivity contribution is 7.98. The molecule has 0 saturated heterocycles. The van der Waals surface area contributed by atoms with Gasteiger partial charge in [-0.2, -0.15) is 0 Å². The number of hydrogen-bond donors (Lipinski definition) is 2. The number of thioether (sulfide) groups is 1. The Balaban J connectivity index is 1.81. The van der Waals surface area contributed by atoms with Crippen LogP contribution in [0, 0.1) is 0 Å². The smallest absolute Gasteiger partial charge is 0.274 e. The molecule has 3 rings (SSSR count). The molecule has 0 unspecified atom stereocenters. The predicted octanol–water partition coefficient (Wildman–Crippen LogP) is 3.14. The minimum atomic E-state index is -0.245. The standard InChI is InChI=1S/C20H20N4O2S/c1-21-18(25)12-14-8-10-15(11-9-14)23-19(26)17-13-22-20(27-2)24(17)16-6-4-3-5-7-16/h3-11,13H,12H2,1-2H3,(H,21,25)(H,23,26). The average Bonchev–Trinajstić information content (AvgIpc) is 3.14. The fourth-order valence-corrected chi connectivity index (χ4v) is 3.18. The van der Waals surface area contributed by atoms with Crippen LogP contribution in [-0.2, 0) is 11.2 Å². The van der Waals surface area contributed by atoms with E-state index in [-0.39, 0.29) is 11.8 Å². The number of hydrogen-bond acceptors (Lipinski definition) is 4. The largest absolute Gasteiger partial charge is 0.359 e. The van der Waals surface area contributed by atoms with Crippen molar-refractivity contribution in [3.05, 3.63) is 72.1 Å². The molecule has 27 heavy (non-hydrogen) atoms. The number of para-hydroxylation sites is 1. The molecule has 0 bridgehead atoms. The van der Waals surface area contributed by atoms with Gasteiger partial charge in [0.2, 0.25) is 5.91 Å². The van der Waals surface area contributed by atoms with Crippen LogP contribution in [-0.4, -0.2) is 34.7 Å². The molecular formula is C20H20N4O2S. The Morgan fingerprint density at radius 1 is 1.07 bits per heavy atom. The van der Waals surface area contributed by atoms with Crippen molar-refractivity contribution in [3.8, 4) is 5.69 Å². The second kappa shape index (κ2) is 8.55. The van der Waals surface area contributed by atoms with Gasteiger partial charge in [-0.05, 0) is 36.1 Å². The highest BCUT2D eigenvalue weighted by atomic mass is 32.2. The molecule has 2 N–H and O–H groups in total. The van der Waals surface area contributed by atoms with E-state index in [0.717, 1.165) is 16.4 Å². The molecule has 6 nitrogen and oxygen atoms in total. The number of amides is 2. The molecule has 0 spiro atoms. The number of carbonyl (C=O) groups excluding carboxylic acids is 2. The van der Waals surface area contributed by atoms with Crippen molar-refractivity contribution in [1.82, 2.24) is 14.9 Å². The topological polar surface area (TPSA) is 76.0 Å². The minimum Gasteiger partial charge on any atom is -0.359 e. The maximum atomic E-state index is 12.8. The number of rotatable bonds is 6. The van der Waals surface area contributed by atoms with Gasteiger partial charge in [0.15, 0.2) is 5.16 Å². The van der Waals surface area contributed by atoms with Crippen molar-refractivity contribution in [1.29, 1.82) is 0 Å². The van der Waals surface area contributed by atoms with E-state index in [2.05, 4.69) is 15.6 Å². The summed E-state index contributed by atoms with van der Waals surface area (Å²) in [4.78, 5) is 28.6. The van der Waals surface area contributed by atoms with E-state index in [1.165, 1.54) is 11.8 Å². The van der Waals surface area contributed by atoms with E-state index in [1.807, 2.05) is 53.3 Å². The third-order valence-corrected chi connectivity index (χ3v) is 4.67. The van der Waals surface area contributed by atoms with Gasteiger partial charge in [0.05, 0.1) is 12.6 Å². The zero-order chi connectivity index (χ0) is 19.2. The highest BCUT2D eigenvalue weighted by Crippen LogP contribution is 2.22. The van der Waals surface area contributed by atoms with Crippen molar-refractivity contribution < 1.29 is 9.59 Å². The molecule has 0 fully saturated rings. The predicted molar refractivity (Wildman–Crippen MR) is 108 cm³/mol. The lowest BCUT2D eigenvalue weighted by Gasteiger charge is -2.11. The number of nitrogens with zero attached hydrogens (tertiary/aromatic N) is 2. The van der Waals surface area contributed by atoms with Crippen LogP contribution < -0.4 is 10.6 Å². The van der Waals surface area contributed by atoms with Crippen LogP contribution in [0.15, 0.2) is 66.0 Å². The molecule has 0 atom stereocenters. The van der Waals surface area contributed by atoms with E-state index in [4.69, 9.17) is 0 Å². The summed E-state index contributed by atoms with van der Waals surface area (Å²) >= 11 is 1.48. The number of anilines is 1. The molecule has 138 valence electrons. The Hall–Kier alpha value is -3.06. The Morgan fingerprint density at radius 3 is 2.41 bits per heavy atom. The van der Waals surface area contributed by atoms with Crippen LogP contribution >= 0.6 is 11.8 Å². The number of imidazole rings is 1. The molecule has 0 aliphatic rings. The van der Waals surface area contributed by atoms with E-state index in [0.29, 0.717) is 17.8 Å². The summed E-state index contributed by atoms with van der Waals surface area (Å²) in [6.45, 7) is 0. The summed E-state index contributed by atoms with van der Waals surface area (Å²) in [5, 5.41) is 6.22. The fraction of sp³-hybridized carbons (Fsp3) is 0.150. The number of nitrogens with one attached hydrogen (secondary N) is 2. The Kier molecular flexibility index (Phi) is 5.93. The fourth-order valence-electron chi connectivity index (χ4n) is 2.64. The minimum absolute atomic E-state index is 0.0526. The van der Waals surface area contributed by atoms with E-state index in [1.54, 1.807) is 25.4 Å². The van der Waals surface area contributed by atoms with Gasteiger partial charge in [0.1, 0.15) is 5.69 Å². The summed E-state index contributed by atoms with van der Waals surface area (Å²) in [5.74, 6) is -0.297. The molecule has 0 aliphatic carbocycles. The molecule has 3 aromatic rings. The Bertz CT molecular complexity index is 936. The van der Waals surface area contributed by atoms with Crippen LogP contribution in [0.25, 0.3) is 5.69 Å². The monoisotopic (exact) mass is 380 g/mol. The number of benzene rings is 2. The van der Waals surface area contributed by atoms with Crippen LogP contribution in [0.3, 0.4) is 0 Å². The zero-order valence-electron chi connectivity index (χ0n) is 15.1. The summed E-state index contributed by atoms with van der Waals surface area (Å²) in [5.41, 5.74) is 2.88. The van der Waals surface area contributed by atoms with Gasteiger partial charge in [0, 0.05) is 18.4 Å². The van der Waals surface area contributed by atoms with Gasteiger partial charge in [0.25, 0.3) is 5.91 Å². The average molecular weight is 380 g/mol. The maximum absolute atomic E-state index is 12.8. The van der Waals surface area contributed by atoms with Gasteiger partial charge in [-0.25, -0.2) is 4.98 Å². The van der Waals surface area contributed by atoms with Gasteiger partial charge in [-0.15, -0.1) is 0 Å². The molecule has 0 aliphatic heterocycles. The molecule has 1 aromatic heterocycles. The molecule has 2 amide bonds. The van der Waals surface area contributed by atoms with Gasteiger partial charge < -0.3 is 10.6 Å². The van der Waals surface area contributed by atoms with Crippen LogP contribution in [0.5, 0.6) is 0 Å². The maximum Gasteiger partial charge on any atom is 0.274 e. The summed E-state index contributed by atoms with van der Waals surface area (Å²) in [6.07, 6.45) is 3.81. The number of likely N-dealkylation sites (N-methyl/N-ethyl adjacent to an activating group) is 1. The van der Waals surface area contributed by atoms with Gasteiger partial charge in [-0.1, -0.05) is 42.1 Å².